The summed E-state index contributed by atoms with van der Waals surface area (Å²) in [6.45, 7) is 7.12. The Morgan fingerprint density at radius 1 is 0.318 bits per heavy atom. The number of hydrogen-bond acceptors (Lipinski definition) is 15. The molecule has 0 aromatic heterocycles. The van der Waals surface area contributed by atoms with Gasteiger partial charge in [0.2, 0.25) is 0 Å². The molecule has 0 aliphatic carbocycles. The first kappa shape index (κ1) is 86.1. The van der Waals surface area contributed by atoms with Crippen molar-refractivity contribution in [2.75, 3.05) is 39.6 Å². The molecule has 0 rings (SSSR count). The Bertz CT molecular complexity index is 1710. The van der Waals surface area contributed by atoms with E-state index in [0.717, 1.165) is 115 Å². The lowest BCUT2D eigenvalue weighted by Gasteiger charge is -2.21. The van der Waals surface area contributed by atoms with Gasteiger partial charge < -0.3 is 33.8 Å². The molecule has 0 bridgehead atoms. The van der Waals surface area contributed by atoms with Crippen molar-refractivity contribution >= 4 is 39.5 Å². The number of ether oxygens (including phenoxy) is 4. The third-order valence-corrected chi connectivity index (χ3v) is 18.3. The van der Waals surface area contributed by atoms with E-state index in [9.17, 15) is 43.2 Å². The van der Waals surface area contributed by atoms with Crippen LogP contribution in [0.2, 0.25) is 0 Å². The van der Waals surface area contributed by atoms with Crippen LogP contribution < -0.4 is 0 Å². The molecule has 17 nitrogen and oxygen atoms in total. The summed E-state index contributed by atoms with van der Waals surface area (Å²) in [7, 11) is -9.88. The maximum absolute atomic E-state index is 13.0. The minimum absolute atomic E-state index is 0.103. The van der Waals surface area contributed by atoms with Crippen molar-refractivity contribution in [2.24, 2.45) is 5.92 Å². The molecular formula is C69H134O17P2. The summed E-state index contributed by atoms with van der Waals surface area (Å²) >= 11 is 0. The van der Waals surface area contributed by atoms with Crippen LogP contribution in [0.15, 0.2) is 0 Å². The first-order valence-electron chi connectivity index (χ1n) is 36.2. The molecule has 0 heterocycles. The molecule has 88 heavy (non-hydrogen) atoms. The molecule has 0 aliphatic heterocycles. The largest absolute Gasteiger partial charge is 0.472 e. The van der Waals surface area contributed by atoms with Crippen molar-refractivity contribution in [1.29, 1.82) is 0 Å². The summed E-state index contributed by atoms with van der Waals surface area (Å²) in [6.07, 6.45) is 49.3. The fourth-order valence-electron chi connectivity index (χ4n) is 10.4. The van der Waals surface area contributed by atoms with Gasteiger partial charge in [0.15, 0.2) is 12.2 Å². The van der Waals surface area contributed by atoms with Crippen molar-refractivity contribution in [3.05, 3.63) is 0 Å². The molecule has 0 fully saturated rings. The van der Waals surface area contributed by atoms with Crippen LogP contribution in [0.1, 0.15) is 356 Å². The number of rotatable bonds is 69. The molecule has 0 spiro atoms. The number of hydrogen-bond donors (Lipinski definition) is 3. The Morgan fingerprint density at radius 2 is 0.545 bits per heavy atom. The van der Waals surface area contributed by atoms with Crippen LogP contribution in [-0.2, 0) is 65.4 Å². The molecule has 6 atom stereocenters. The third kappa shape index (κ3) is 61.6. The fraction of sp³-hybridized carbons (Fsp3) is 0.942. The van der Waals surface area contributed by atoms with Gasteiger partial charge in [0.25, 0.3) is 0 Å². The highest BCUT2D eigenvalue weighted by Gasteiger charge is 2.30. The zero-order chi connectivity index (χ0) is 64.9. The first-order chi connectivity index (χ1) is 42.6. The van der Waals surface area contributed by atoms with Crippen LogP contribution >= 0.6 is 15.6 Å². The molecule has 3 N–H and O–H groups in total. The van der Waals surface area contributed by atoms with Crippen molar-refractivity contribution in [1.82, 2.24) is 0 Å². The van der Waals surface area contributed by atoms with Gasteiger partial charge in [-0.05, 0) is 31.6 Å². The number of phosphoric acid groups is 2. The van der Waals surface area contributed by atoms with Gasteiger partial charge >= 0.3 is 39.5 Å². The van der Waals surface area contributed by atoms with E-state index >= 15 is 0 Å². The summed E-state index contributed by atoms with van der Waals surface area (Å²) in [5.74, 6) is -1.33. The Labute approximate surface area is 537 Å². The van der Waals surface area contributed by atoms with Crippen molar-refractivity contribution in [3.63, 3.8) is 0 Å². The van der Waals surface area contributed by atoms with E-state index in [1.807, 2.05) is 0 Å². The summed E-state index contributed by atoms with van der Waals surface area (Å²) < 4.78 is 67.9. The molecule has 0 aromatic carbocycles. The monoisotopic (exact) mass is 1300 g/mol. The molecule has 0 amide bonds. The van der Waals surface area contributed by atoms with Crippen LogP contribution in [0.5, 0.6) is 0 Å². The SMILES string of the molecule is CCCCCCCCCCCCCCCCCCCCCCCCC(=O)O[C@H](COC(=O)CCCCCCCCCCCCC(C)CC)COP(=O)(O)OC[C@@H](O)COP(=O)(O)OC[C@@H](COC(=O)CCCCCCC)OC(=O)CCCCCCCCC. The normalized spacial score (nSPS) is 14.4. The van der Waals surface area contributed by atoms with Crippen molar-refractivity contribution < 1.29 is 80.2 Å². The molecule has 0 saturated carbocycles. The van der Waals surface area contributed by atoms with Crippen LogP contribution in [0.4, 0.5) is 0 Å². The zero-order valence-electron chi connectivity index (χ0n) is 56.9. The lowest BCUT2D eigenvalue weighted by molar-refractivity contribution is -0.161. The van der Waals surface area contributed by atoms with E-state index in [4.69, 9.17) is 37.0 Å². The van der Waals surface area contributed by atoms with Gasteiger partial charge in [-0.3, -0.25) is 37.3 Å². The number of carbonyl (C=O) groups excluding carboxylic acids is 4. The highest BCUT2D eigenvalue weighted by atomic mass is 31.2. The van der Waals surface area contributed by atoms with Crippen LogP contribution in [0.25, 0.3) is 0 Å². The molecule has 0 aliphatic rings. The first-order valence-corrected chi connectivity index (χ1v) is 39.2. The van der Waals surface area contributed by atoms with Gasteiger partial charge in [-0.15, -0.1) is 0 Å². The van der Waals surface area contributed by atoms with E-state index in [0.29, 0.717) is 25.7 Å². The molecule has 3 unspecified atom stereocenters. The van der Waals surface area contributed by atoms with Crippen molar-refractivity contribution in [2.45, 2.75) is 374 Å². The van der Waals surface area contributed by atoms with Crippen LogP contribution in [0.3, 0.4) is 0 Å². The van der Waals surface area contributed by atoms with E-state index in [1.165, 1.54) is 161 Å². The van der Waals surface area contributed by atoms with Crippen LogP contribution in [-0.4, -0.2) is 96.7 Å². The Kier molecular flexibility index (Phi) is 61.1. The lowest BCUT2D eigenvalue weighted by atomic mass is 9.99. The maximum Gasteiger partial charge on any atom is 0.472 e. The van der Waals surface area contributed by atoms with E-state index in [-0.39, 0.29) is 25.7 Å². The molecule has 19 heteroatoms. The summed E-state index contributed by atoms with van der Waals surface area (Å²) in [4.78, 5) is 72.0. The predicted octanol–water partition coefficient (Wildman–Crippen LogP) is 19.7. The number of carbonyl (C=O) groups is 4. The average Bonchev–Trinajstić information content (AvgIpc) is 3.59. The Balaban J connectivity index is 5.06. The van der Waals surface area contributed by atoms with Gasteiger partial charge in [-0.1, -0.05) is 304 Å². The fourth-order valence-corrected chi connectivity index (χ4v) is 12.0. The molecule has 0 saturated heterocycles. The topological polar surface area (TPSA) is 237 Å². The standard InChI is InChI=1S/C69H134O17P2/c1-6-10-13-16-18-19-20-21-22-23-24-25-26-27-28-29-30-31-36-40-45-50-55-69(74)86-65(59-80-67(72)53-48-43-39-35-33-32-34-38-42-46-51-62(5)9-4)61-84-88(77,78)82-57-63(70)56-81-87(75,76)83-60-64(58-79-66(71)52-47-41-15-12-8-3)85-68(73)54-49-44-37-17-14-11-7-2/h62-65,70H,6-61H2,1-5H3,(H,75,76)(H,77,78)/t62?,63-,64+,65+/m0/s1. The Hall–Kier alpha value is -1.94. The van der Waals surface area contributed by atoms with E-state index in [2.05, 4.69) is 34.6 Å². The van der Waals surface area contributed by atoms with Gasteiger partial charge in [0, 0.05) is 25.7 Å². The highest BCUT2D eigenvalue weighted by molar-refractivity contribution is 7.47. The summed E-state index contributed by atoms with van der Waals surface area (Å²) in [5.41, 5.74) is 0. The minimum Gasteiger partial charge on any atom is -0.462 e. The summed E-state index contributed by atoms with van der Waals surface area (Å²) in [6, 6.07) is 0. The highest BCUT2D eigenvalue weighted by Crippen LogP contribution is 2.45. The minimum atomic E-state index is -4.95. The third-order valence-electron chi connectivity index (χ3n) is 16.4. The van der Waals surface area contributed by atoms with E-state index in [1.54, 1.807) is 0 Å². The molecule has 522 valence electrons. The Morgan fingerprint density at radius 3 is 0.807 bits per heavy atom. The second-order valence-electron chi connectivity index (χ2n) is 25.2. The maximum atomic E-state index is 13.0. The number of aliphatic hydroxyl groups excluding tert-OH is 1. The van der Waals surface area contributed by atoms with Gasteiger partial charge in [-0.2, -0.15) is 0 Å². The second kappa shape index (κ2) is 62.5. The smallest absolute Gasteiger partial charge is 0.462 e. The van der Waals surface area contributed by atoms with Crippen molar-refractivity contribution in [3.8, 4) is 0 Å². The number of unbranched alkanes of at least 4 members (excludes halogenated alkanes) is 40. The lowest BCUT2D eigenvalue weighted by Crippen LogP contribution is -2.30. The zero-order valence-corrected chi connectivity index (χ0v) is 58.6. The van der Waals surface area contributed by atoms with E-state index < -0.39 is 97.5 Å². The van der Waals surface area contributed by atoms with Gasteiger partial charge in [-0.25, -0.2) is 9.13 Å². The average molecular weight is 1300 g/mol. The molecular weight excluding hydrogens is 1160 g/mol. The van der Waals surface area contributed by atoms with Crippen LogP contribution in [0, 0.1) is 5.92 Å². The quantitative estimate of drug-likeness (QED) is 0.0222. The number of esters is 4. The molecule has 0 aromatic rings. The number of aliphatic hydroxyl groups is 1. The second-order valence-corrected chi connectivity index (χ2v) is 28.1. The number of phosphoric ester groups is 2. The predicted molar refractivity (Wildman–Crippen MR) is 354 cm³/mol. The summed E-state index contributed by atoms with van der Waals surface area (Å²) in [5, 5.41) is 10.5. The van der Waals surface area contributed by atoms with Gasteiger partial charge in [0.05, 0.1) is 26.4 Å². The van der Waals surface area contributed by atoms with Gasteiger partial charge in [0.1, 0.15) is 19.3 Å². The molecule has 0 radical (unpaired) electrons.